The molecule has 3 rings (SSSR count). The summed E-state index contributed by atoms with van der Waals surface area (Å²) in [5.74, 6) is 0.0224. The number of alkyl halides is 3. The van der Waals surface area contributed by atoms with Crippen LogP contribution in [0.2, 0.25) is 0 Å². The third kappa shape index (κ3) is 4.26. The lowest BCUT2D eigenvalue weighted by Gasteiger charge is -2.32. The molecule has 132 valence electrons. The molecule has 0 bridgehead atoms. The summed E-state index contributed by atoms with van der Waals surface area (Å²) in [7, 11) is 0. The van der Waals surface area contributed by atoms with Crippen molar-refractivity contribution in [2.45, 2.75) is 25.1 Å². The lowest BCUT2D eigenvalue weighted by Crippen LogP contribution is -2.41. The van der Waals surface area contributed by atoms with Gasteiger partial charge in [0.1, 0.15) is 6.10 Å². The van der Waals surface area contributed by atoms with Crippen molar-refractivity contribution >= 4 is 5.91 Å². The molecule has 5 nitrogen and oxygen atoms in total. The predicted octanol–water partition coefficient (Wildman–Crippen LogP) is 3.18. The van der Waals surface area contributed by atoms with E-state index in [0.29, 0.717) is 31.8 Å². The largest absolute Gasteiger partial charge is 0.473 e. The average molecular weight is 351 g/mol. The smallest absolute Gasteiger partial charge is 0.416 e. The summed E-state index contributed by atoms with van der Waals surface area (Å²) >= 11 is 0. The molecule has 0 saturated carbocycles. The number of carbonyl (C=O) groups excluding carboxylic acids is 1. The Labute approximate surface area is 142 Å². The molecule has 2 heterocycles. The van der Waals surface area contributed by atoms with Gasteiger partial charge in [0.05, 0.1) is 11.8 Å². The van der Waals surface area contributed by atoms with Crippen LogP contribution >= 0.6 is 0 Å². The first-order chi connectivity index (χ1) is 11.9. The van der Waals surface area contributed by atoms with Crippen molar-refractivity contribution in [1.29, 1.82) is 0 Å². The molecular formula is C17H16F3N3O2. The number of hydrogen-bond acceptors (Lipinski definition) is 4. The van der Waals surface area contributed by atoms with Gasteiger partial charge in [-0.05, 0) is 18.2 Å². The molecule has 1 aliphatic heterocycles. The van der Waals surface area contributed by atoms with Crippen molar-refractivity contribution < 1.29 is 22.7 Å². The van der Waals surface area contributed by atoms with E-state index in [0.717, 1.165) is 12.1 Å². The van der Waals surface area contributed by atoms with Crippen molar-refractivity contribution in [3.8, 4) is 5.88 Å². The fraction of sp³-hybridized carbons (Fsp3) is 0.353. The zero-order chi connectivity index (χ0) is 17.9. The van der Waals surface area contributed by atoms with E-state index in [9.17, 15) is 18.0 Å². The number of likely N-dealkylation sites (tertiary alicyclic amines) is 1. The summed E-state index contributed by atoms with van der Waals surface area (Å²) < 4.78 is 44.0. The molecule has 1 fully saturated rings. The Balaban J connectivity index is 1.60. The second kappa shape index (κ2) is 7.08. The fourth-order valence-corrected chi connectivity index (χ4v) is 2.70. The monoisotopic (exact) mass is 351 g/mol. The number of nitrogens with zero attached hydrogens (tertiary/aromatic N) is 3. The van der Waals surface area contributed by atoms with Gasteiger partial charge in [0, 0.05) is 43.9 Å². The van der Waals surface area contributed by atoms with Gasteiger partial charge in [-0.3, -0.25) is 9.78 Å². The number of piperidine rings is 1. The van der Waals surface area contributed by atoms with Gasteiger partial charge >= 0.3 is 6.18 Å². The summed E-state index contributed by atoms with van der Waals surface area (Å²) in [6.45, 7) is 0.833. The van der Waals surface area contributed by atoms with Crippen LogP contribution in [0.5, 0.6) is 5.88 Å². The molecular weight excluding hydrogens is 335 g/mol. The highest BCUT2D eigenvalue weighted by molar-refractivity contribution is 5.94. The zero-order valence-electron chi connectivity index (χ0n) is 13.2. The molecule has 2 aromatic rings. The van der Waals surface area contributed by atoms with Crippen LogP contribution in [0.4, 0.5) is 13.2 Å². The summed E-state index contributed by atoms with van der Waals surface area (Å²) in [5.41, 5.74) is -0.776. The van der Waals surface area contributed by atoms with Gasteiger partial charge in [0.15, 0.2) is 0 Å². The summed E-state index contributed by atoms with van der Waals surface area (Å²) in [5, 5.41) is 0. The van der Waals surface area contributed by atoms with Crippen molar-refractivity contribution in [3.63, 3.8) is 0 Å². The maximum atomic E-state index is 12.8. The van der Waals surface area contributed by atoms with Crippen molar-refractivity contribution in [3.05, 3.63) is 54.0 Å². The van der Waals surface area contributed by atoms with Gasteiger partial charge in [0.2, 0.25) is 5.88 Å². The van der Waals surface area contributed by atoms with E-state index in [-0.39, 0.29) is 11.7 Å². The minimum atomic E-state index is -4.46. The number of benzene rings is 1. The minimum absolute atomic E-state index is 0.0446. The van der Waals surface area contributed by atoms with Crippen LogP contribution in [0, 0.1) is 0 Å². The van der Waals surface area contributed by atoms with Crippen molar-refractivity contribution in [2.24, 2.45) is 0 Å². The molecule has 8 heteroatoms. The molecule has 0 aliphatic carbocycles. The van der Waals surface area contributed by atoms with Crippen LogP contribution in [0.3, 0.4) is 0 Å². The fourth-order valence-electron chi connectivity index (χ4n) is 2.70. The molecule has 1 aliphatic rings. The number of hydrogen-bond donors (Lipinski definition) is 0. The van der Waals surface area contributed by atoms with E-state index in [1.807, 2.05) is 0 Å². The van der Waals surface area contributed by atoms with Gasteiger partial charge in [-0.1, -0.05) is 6.07 Å². The maximum absolute atomic E-state index is 12.8. The number of rotatable bonds is 3. The van der Waals surface area contributed by atoms with Crippen molar-refractivity contribution in [2.75, 3.05) is 13.1 Å². The molecule has 0 unspecified atom stereocenters. The Hall–Kier alpha value is -2.64. The Morgan fingerprint density at radius 2 is 1.96 bits per heavy atom. The standard InChI is InChI=1S/C17H16F3N3O2/c18-17(19,20)13-3-1-2-12(10-13)16(24)23-8-4-14(5-9-23)25-15-11-21-6-7-22-15/h1-3,6-7,10-11,14H,4-5,8-9H2. The van der Waals surface area contributed by atoms with Crippen LogP contribution in [0.15, 0.2) is 42.9 Å². The maximum Gasteiger partial charge on any atom is 0.416 e. The first-order valence-corrected chi connectivity index (χ1v) is 7.83. The SMILES string of the molecule is O=C(c1cccc(C(F)(F)F)c1)N1CCC(Oc2cnccn2)CC1. The highest BCUT2D eigenvalue weighted by atomic mass is 19.4. The summed E-state index contributed by atoms with van der Waals surface area (Å²) in [4.78, 5) is 21.9. The molecule has 0 radical (unpaired) electrons. The van der Waals surface area contributed by atoms with Crippen LogP contribution in [0.25, 0.3) is 0 Å². The third-order valence-electron chi connectivity index (χ3n) is 3.99. The Morgan fingerprint density at radius 1 is 1.20 bits per heavy atom. The summed E-state index contributed by atoms with van der Waals surface area (Å²) in [6.07, 6.45) is 1.20. The van der Waals surface area contributed by atoms with E-state index in [2.05, 4.69) is 9.97 Å². The van der Waals surface area contributed by atoms with Gasteiger partial charge in [0.25, 0.3) is 5.91 Å². The molecule has 1 aromatic heterocycles. The second-order valence-electron chi connectivity index (χ2n) is 5.73. The van der Waals surface area contributed by atoms with Crippen molar-refractivity contribution in [1.82, 2.24) is 14.9 Å². The first-order valence-electron chi connectivity index (χ1n) is 7.83. The first kappa shape index (κ1) is 17.2. The zero-order valence-corrected chi connectivity index (χ0v) is 13.2. The molecule has 0 N–H and O–H groups in total. The lowest BCUT2D eigenvalue weighted by molar-refractivity contribution is -0.137. The Kier molecular flexibility index (Phi) is 4.87. The summed E-state index contributed by atoms with van der Waals surface area (Å²) in [6, 6.07) is 4.50. The number of amides is 1. The Morgan fingerprint density at radius 3 is 2.60 bits per heavy atom. The molecule has 0 spiro atoms. The number of halogens is 3. The number of carbonyl (C=O) groups is 1. The predicted molar refractivity (Wildman–Crippen MR) is 83.0 cm³/mol. The van der Waals surface area contributed by atoms with Crippen LogP contribution in [0.1, 0.15) is 28.8 Å². The van der Waals surface area contributed by atoms with E-state index in [1.165, 1.54) is 24.5 Å². The third-order valence-corrected chi connectivity index (χ3v) is 3.99. The normalized spacial score (nSPS) is 15.9. The van der Waals surface area contributed by atoms with Gasteiger partial charge < -0.3 is 9.64 Å². The lowest BCUT2D eigenvalue weighted by atomic mass is 10.0. The van der Waals surface area contributed by atoms with Gasteiger partial charge in [-0.25, -0.2) is 4.98 Å². The van der Waals surface area contributed by atoms with E-state index in [1.54, 1.807) is 11.1 Å². The highest BCUT2D eigenvalue weighted by Crippen LogP contribution is 2.30. The van der Waals surface area contributed by atoms with E-state index in [4.69, 9.17) is 4.74 Å². The minimum Gasteiger partial charge on any atom is -0.473 e. The van der Waals surface area contributed by atoms with Crippen LogP contribution in [-0.4, -0.2) is 40.0 Å². The second-order valence-corrected chi connectivity index (χ2v) is 5.73. The van der Waals surface area contributed by atoms with E-state index >= 15 is 0 Å². The van der Waals surface area contributed by atoms with Gasteiger partial charge in [-0.2, -0.15) is 13.2 Å². The molecule has 25 heavy (non-hydrogen) atoms. The number of ether oxygens (including phenoxy) is 1. The molecule has 1 saturated heterocycles. The van der Waals surface area contributed by atoms with Crippen LogP contribution < -0.4 is 4.74 Å². The Bertz CT molecular complexity index is 729. The van der Waals surface area contributed by atoms with Crippen LogP contribution in [-0.2, 0) is 6.18 Å². The molecule has 1 amide bonds. The number of aromatic nitrogens is 2. The van der Waals surface area contributed by atoms with E-state index < -0.39 is 17.6 Å². The van der Waals surface area contributed by atoms with Gasteiger partial charge in [-0.15, -0.1) is 0 Å². The molecule has 0 atom stereocenters. The quantitative estimate of drug-likeness (QED) is 0.852. The molecule has 1 aromatic carbocycles. The average Bonchev–Trinajstić information content (AvgIpc) is 2.62. The highest BCUT2D eigenvalue weighted by Gasteiger charge is 2.32. The topological polar surface area (TPSA) is 55.3 Å².